The molecule has 0 spiro atoms. The maximum absolute atomic E-state index is 12.2. The van der Waals surface area contributed by atoms with Crippen LogP contribution in [-0.4, -0.2) is 39.3 Å². The van der Waals surface area contributed by atoms with Gasteiger partial charge < -0.3 is 0 Å². The number of benzene rings is 1. The first-order valence-corrected chi connectivity index (χ1v) is 10.9. The Bertz CT molecular complexity index is 446. The number of nitrogens with one attached hydrogen (secondary N) is 1. The molecule has 6 heteroatoms. The average molecular weight is 422 g/mol. The number of hydrogen-bond acceptors (Lipinski definition) is 5. The van der Waals surface area contributed by atoms with Crippen LogP contribution in [0, 0.1) is 0 Å². The van der Waals surface area contributed by atoms with Gasteiger partial charge in [-0.2, -0.15) is 0 Å². The van der Waals surface area contributed by atoms with Crippen LogP contribution in [0.4, 0.5) is 0 Å². The molecule has 2 N–H and O–H groups in total. The summed E-state index contributed by atoms with van der Waals surface area (Å²) in [6.07, 6.45) is 2.07. The van der Waals surface area contributed by atoms with E-state index >= 15 is 0 Å². The Kier molecular flexibility index (Phi) is 7.45. The van der Waals surface area contributed by atoms with E-state index < -0.39 is 6.10 Å². The molecule has 1 aromatic rings. The van der Waals surface area contributed by atoms with E-state index in [0.29, 0.717) is 24.8 Å². The van der Waals surface area contributed by atoms with Crippen molar-refractivity contribution in [3.05, 3.63) is 35.9 Å². The fourth-order valence-electron chi connectivity index (χ4n) is 2.43. The third kappa shape index (κ3) is 5.52. The van der Waals surface area contributed by atoms with Gasteiger partial charge in [0.25, 0.3) is 0 Å². The Morgan fingerprint density at radius 3 is 2.86 bits per heavy atom. The van der Waals surface area contributed by atoms with E-state index in [2.05, 4.69) is 10.2 Å². The van der Waals surface area contributed by atoms with Crippen molar-refractivity contribution in [3.8, 4) is 0 Å². The van der Waals surface area contributed by atoms with Crippen molar-refractivity contribution >= 4 is 16.9 Å². The van der Waals surface area contributed by atoms with Gasteiger partial charge in [-0.1, -0.05) is 6.07 Å². The van der Waals surface area contributed by atoms with Crippen LogP contribution in [0.2, 0.25) is 0 Å². The zero-order chi connectivity index (χ0) is 15.1. The van der Waals surface area contributed by atoms with Gasteiger partial charge in [-0.25, -0.2) is 0 Å². The molecule has 1 aliphatic carbocycles. The molecule has 1 aromatic carbocycles. The Morgan fingerprint density at radius 2 is 2.19 bits per heavy atom. The number of carbonyl (C=O) groups is 1. The van der Waals surface area contributed by atoms with Gasteiger partial charge >= 0.3 is 135 Å². The van der Waals surface area contributed by atoms with E-state index in [1.807, 2.05) is 30.3 Å². The second-order valence-corrected chi connectivity index (χ2v) is 7.71. The van der Waals surface area contributed by atoms with Crippen LogP contribution in [0.3, 0.4) is 0 Å². The SMILES string of the molecule is C[I-]OCN[C@@H]1CC[C@@H](SC(=O)c2ccccc2)[C@H](O)C1. The number of thioether (sulfide) groups is 1. The fraction of sp³-hybridized carbons (Fsp3) is 0.533. The molecular formula is C15H21INO3S-. The molecule has 2 rings (SSSR count). The van der Waals surface area contributed by atoms with Crippen molar-refractivity contribution in [1.29, 1.82) is 0 Å². The zero-order valence-corrected chi connectivity index (χ0v) is 15.0. The summed E-state index contributed by atoms with van der Waals surface area (Å²) in [6, 6.07) is 9.55. The fourth-order valence-corrected chi connectivity index (χ4v) is 3.99. The molecule has 118 valence electrons. The summed E-state index contributed by atoms with van der Waals surface area (Å²) >= 11 is 1.12. The third-order valence-corrected chi connectivity index (χ3v) is 5.80. The van der Waals surface area contributed by atoms with Crippen LogP contribution in [-0.2, 0) is 3.07 Å². The molecule has 0 heterocycles. The molecule has 1 saturated carbocycles. The number of aliphatic hydroxyl groups is 1. The Labute approximate surface area is 140 Å². The van der Waals surface area contributed by atoms with E-state index in [9.17, 15) is 9.90 Å². The summed E-state index contributed by atoms with van der Waals surface area (Å²) in [5.74, 6) is 0. The van der Waals surface area contributed by atoms with Crippen LogP contribution < -0.4 is 26.9 Å². The number of hydrogen-bond donors (Lipinski definition) is 2. The second-order valence-electron chi connectivity index (χ2n) is 5.00. The number of alkyl halides is 1. The molecule has 1 aliphatic rings. The summed E-state index contributed by atoms with van der Waals surface area (Å²) in [5.41, 5.74) is 0.704. The first kappa shape index (κ1) is 17.2. The van der Waals surface area contributed by atoms with E-state index in [1.165, 1.54) is 11.8 Å². The molecular weight excluding hydrogens is 401 g/mol. The van der Waals surface area contributed by atoms with Crippen molar-refractivity contribution in [2.45, 2.75) is 36.7 Å². The van der Waals surface area contributed by atoms with E-state index in [0.717, 1.165) is 12.8 Å². The van der Waals surface area contributed by atoms with Crippen LogP contribution >= 0.6 is 11.8 Å². The van der Waals surface area contributed by atoms with Crippen molar-refractivity contribution < 1.29 is 34.6 Å². The monoisotopic (exact) mass is 422 g/mol. The van der Waals surface area contributed by atoms with E-state index in [4.69, 9.17) is 3.07 Å². The predicted octanol–water partition coefficient (Wildman–Crippen LogP) is -0.960. The topological polar surface area (TPSA) is 58.6 Å². The van der Waals surface area contributed by atoms with Crippen LogP contribution in [0.5, 0.6) is 0 Å². The van der Waals surface area contributed by atoms with Crippen LogP contribution in [0.1, 0.15) is 29.6 Å². The van der Waals surface area contributed by atoms with Crippen molar-refractivity contribution in [1.82, 2.24) is 5.32 Å². The van der Waals surface area contributed by atoms with E-state index in [1.54, 1.807) is 0 Å². The van der Waals surface area contributed by atoms with Gasteiger partial charge in [-0.15, -0.1) is 0 Å². The Balaban J connectivity index is 1.79. The second kappa shape index (κ2) is 9.09. The van der Waals surface area contributed by atoms with Gasteiger partial charge in [0.15, 0.2) is 0 Å². The summed E-state index contributed by atoms with van der Waals surface area (Å²) in [4.78, 5) is 14.2. The average Bonchev–Trinajstić information content (AvgIpc) is 2.51. The van der Waals surface area contributed by atoms with Crippen LogP contribution in [0.15, 0.2) is 30.3 Å². The number of rotatable bonds is 6. The Morgan fingerprint density at radius 1 is 1.43 bits per heavy atom. The molecule has 3 atom stereocenters. The molecule has 4 nitrogen and oxygen atoms in total. The molecule has 0 bridgehead atoms. The van der Waals surface area contributed by atoms with Crippen LogP contribution in [0.25, 0.3) is 0 Å². The third-order valence-electron chi connectivity index (χ3n) is 3.56. The van der Waals surface area contributed by atoms with Gasteiger partial charge in [-0.3, -0.25) is 0 Å². The molecule has 0 unspecified atom stereocenters. The van der Waals surface area contributed by atoms with Gasteiger partial charge in [0.1, 0.15) is 0 Å². The number of carbonyl (C=O) groups excluding carboxylic acids is 1. The number of halogens is 1. The first-order chi connectivity index (χ1) is 10.2. The molecule has 21 heavy (non-hydrogen) atoms. The molecule has 0 aliphatic heterocycles. The van der Waals surface area contributed by atoms with Gasteiger partial charge in [-0.05, 0) is 0 Å². The Hall–Kier alpha value is -0.150. The summed E-state index contributed by atoms with van der Waals surface area (Å²) in [6.45, 7) is 0.571. The normalized spacial score (nSPS) is 25.9. The van der Waals surface area contributed by atoms with Crippen molar-refractivity contribution in [2.24, 2.45) is 0 Å². The molecule has 0 amide bonds. The molecule has 0 aromatic heterocycles. The van der Waals surface area contributed by atoms with Gasteiger partial charge in [0, 0.05) is 0 Å². The minimum absolute atomic E-state index is 0.00438. The molecule has 1 fully saturated rings. The standard InChI is InChI=1S/C15H21INO3S/c1-16-20-10-17-12-7-8-14(13(18)9-12)21-15(19)11-5-3-2-4-6-11/h2-6,12-14,17-18H,7-10H2,1H3/q-1/t12-,13-,14-/m1/s1. The predicted molar refractivity (Wildman–Crippen MR) is 80.8 cm³/mol. The van der Waals surface area contributed by atoms with Gasteiger partial charge in [0.2, 0.25) is 0 Å². The summed E-state index contributed by atoms with van der Waals surface area (Å²) in [7, 11) is 0. The minimum atomic E-state index is -0.440. The van der Waals surface area contributed by atoms with Gasteiger partial charge in [0.05, 0.1) is 0 Å². The van der Waals surface area contributed by atoms with Crippen molar-refractivity contribution in [2.75, 3.05) is 11.7 Å². The quantitative estimate of drug-likeness (QED) is 0.268. The molecule has 0 radical (unpaired) electrons. The first-order valence-electron chi connectivity index (χ1n) is 6.99. The molecule has 0 saturated heterocycles. The maximum atomic E-state index is 12.2. The zero-order valence-electron chi connectivity index (χ0n) is 12.0. The summed E-state index contributed by atoms with van der Waals surface area (Å²) < 4.78 is 5.38. The van der Waals surface area contributed by atoms with E-state index in [-0.39, 0.29) is 32.0 Å². The van der Waals surface area contributed by atoms with Crippen molar-refractivity contribution in [3.63, 3.8) is 0 Å². The number of aliphatic hydroxyl groups excluding tert-OH is 1. The summed E-state index contributed by atoms with van der Waals surface area (Å²) in [5, 5.41) is 13.6.